The Kier molecular flexibility index (Phi) is 109. The van der Waals surface area contributed by atoms with Crippen LogP contribution in [0.2, 0.25) is 0 Å². The van der Waals surface area contributed by atoms with Crippen LogP contribution in [0, 0.1) is 154 Å². The van der Waals surface area contributed by atoms with Crippen molar-refractivity contribution in [1.82, 2.24) is 0 Å². The van der Waals surface area contributed by atoms with E-state index in [0.29, 0.717) is 0 Å². The molecule has 0 N–H and O–H groups in total. The molecule has 0 aromatic carbocycles. The van der Waals surface area contributed by atoms with Gasteiger partial charge in [-0.2, -0.15) is 0 Å². The first-order valence-corrected chi connectivity index (χ1v) is 38.3. The molecule has 0 amide bonds. The van der Waals surface area contributed by atoms with Gasteiger partial charge in [0.05, 0.1) is 0 Å². The van der Waals surface area contributed by atoms with Crippen molar-refractivity contribution < 1.29 is 77.9 Å². The third-order valence-corrected chi connectivity index (χ3v) is 21.6. The molecule has 8 aliphatic carbocycles. The normalized spacial score (nSPS) is 31.8. The van der Waals surface area contributed by atoms with Crippen molar-refractivity contribution in [2.75, 3.05) is 0 Å². The molecule has 0 aliphatic heterocycles. The van der Waals surface area contributed by atoms with Crippen molar-refractivity contribution >= 4 is 0 Å². The van der Waals surface area contributed by atoms with Gasteiger partial charge in [0.15, 0.2) is 0 Å². The van der Waals surface area contributed by atoms with Crippen LogP contribution >= 0.6 is 0 Å². The predicted molar refractivity (Wildman–Crippen MR) is 425 cm³/mol. The van der Waals surface area contributed by atoms with Crippen LogP contribution in [0.4, 0.5) is 0 Å². The molecule has 0 saturated heterocycles. The molecule has 0 aromatic heterocycles. The van der Waals surface area contributed by atoms with E-state index >= 15 is 0 Å². The second-order valence-corrected chi connectivity index (χ2v) is 32.7. The van der Waals surface area contributed by atoms with E-state index in [1.807, 2.05) is 0 Å². The van der Waals surface area contributed by atoms with E-state index < -0.39 is 0 Å². The molecule has 8 rings (SSSR count). The zero-order valence-electron chi connectivity index (χ0n) is 68.7. The van der Waals surface area contributed by atoms with Crippen LogP contribution < -0.4 is 0 Å². The summed E-state index contributed by atoms with van der Waals surface area (Å²) in [7, 11) is 0. The summed E-state index contributed by atoms with van der Waals surface area (Å²) in [6.07, 6.45) is 70.9. The van der Waals surface area contributed by atoms with Crippen molar-refractivity contribution in [1.29, 1.82) is 0 Å². The molecule has 0 bridgehead atoms. The minimum atomic E-state index is 0. The van der Waals surface area contributed by atoms with Crippen LogP contribution in [-0.2, 0) is 77.9 Å². The van der Waals surface area contributed by atoms with E-state index in [9.17, 15) is 0 Å². The zero-order valence-corrected chi connectivity index (χ0v) is 76.1. The number of rotatable bonds is 0. The van der Waals surface area contributed by atoms with Crippen LogP contribution in [0.25, 0.3) is 0 Å². The van der Waals surface area contributed by atoms with Crippen molar-refractivity contribution in [2.45, 2.75) is 419 Å². The molecule has 0 nitrogen and oxygen atoms in total. The monoisotopic (exact) mass is 1650 g/mol. The van der Waals surface area contributed by atoms with Crippen LogP contribution in [0.1, 0.15) is 419 Å². The first-order chi connectivity index (χ1) is 38.3. The van der Waals surface area contributed by atoms with Crippen molar-refractivity contribution in [3.8, 4) is 0 Å². The van der Waals surface area contributed by atoms with Gasteiger partial charge in [0.1, 0.15) is 0 Å². The summed E-state index contributed by atoms with van der Waals surface area (Å²) in [5.74, 6) is 15.9. The molecule has 4 heteroatoms. The topological polar surface area (TPSA) is 0 Å². The Morgan fingerprint density at radius 2 is 0.163 bits per heavy atom. The number of hydrogen-bond acceptors (Lipinski definition) is 0. The summed E-state index contributed by atoms with van der Waals surface area (Å²) in [5, 5.41) is 0. The first-order valence-electron chi connectivity index (χ1n) is 38.3. The SMILES string of the molecule is CC1CCCCCC(C)C1.CC1CCCCCC(C)C1.CC1CCCCCC(C)C1.CC1CCCCCC(C)C1.CC1CCCCCC(C)C1.CC1CCCCCC(C)C1.CC1CCCCCC(C)C1.CC1CCCCCC(C)C1.[CH3-].[CH3-].[CH3-].[CH3-].[CH3-].[CH3-].[CH3-].[CH3-].[RuH+2].[RuH+2].[RuH+2].[RuH+2]. The maximum atomic E-state index is 2.40. The summed E-state index contributed by atoms with van der Waals surface area (Å²) in [6, 6.07) is 0. The molecule has 16 atom stereocenters. The Morgan fingerprint density at radius 3 is 0.217 bits per heavy atom. The Morgan fingerprint density at radius 1 is 0.109 bits per heavy atom. The second-order valence-electron chi connectivity index (χ2n) is 32.7. The summed E-state index contributed by atoms with van der Waals surface area (Å²) in [6.45, 7) is 38.5. The molecule has 8 saturated carbocycles. The van der Waals surface area contributed by atoms with E-state index in [0.717, 1.165) is 94.7 Å². The second kappa shape index (κ2) is 82.4. The molecule has 92 heavy (non-hydrogen) atoms. The van der Waals surface area contributed by atoms with E-state index in [-0.39, 0.29) is 137 Å². The predicted octanol–water partition coefficient (Wildman–Crippen LogP) is 31.4. The van der Waals surface area contributed by atoms with E-state index in [2.05, 4.69) is 111 Å². The zero-order chi connectivity index (χ0) is 59.2. The Hall–Kier alpha value is 2.49. The average molecular weight is 1650 g/mol. The molecule has 0 spiro atoms. The third-order valence-electron chi connectivity index (χ3n) is 21.6. The van der Waals surface area contributed by atoms with Gasteiger partial charge >= 0.3 is 77.9 Å². The summed E-state index contributed by atoms with van der Waals surface area (Å²) in [5.41, 5.74) is 0. The van der Waals surface area contributed by atoms with Crippen LogP contribution in [0.3, 0.4) is 0 Å². The van der Waals surface area contributed by atoms with Gasteiger partial charge in [0.2, 0.25) is 0 Å². The fourth-order valence-electron chi connectivity index (χ4n) is 16.7. The Labute approximate surface area is 645 Å². The van der Waals surface area contributed by atoms with E-state index in [4.69, 9.17) is 0 Å². The molecule has 572 valence electrons. The average Bonchev–Trinajstić information content (AvgIpc) is 3.34. The van der Waals surface area contributed by atoms with Gasteiger partial charge in [-0.1, -0.05) is 368 Å². The minimum absolute atomic E-state index is 0. The van der Waals surface area contributed by atoms with Crippen LogP contribution in [0.15, 0.2) is 0 Å². The molecule has 8 aliphatic rings. The third kappa shape index (κ3) is 79.8. The Balaban J connectivity index is -0.0000000780. The van der Waals surface area contributed by atoms with Gasteiger partial charge in [0, 0.05) is 0 Å². The van der Waals surface area contributed by atoms with Crippen LogP contribution in [0.5, 0.6) is 0 Å². The molecule has 0 radical (unpaired) electrons. The van der Waals surface area contributed by atoms with E-state index in [1.54, 1.807) is 0 Å². The summed E-state index contributed by atoms with van der Waals surface area (Å²) in [4.78, 5) is 0. The van der Waals surface area contributed by atoms with Gasteiger partial charge < -0.3 is 59.4 Å². The Bertz CT molecular complexity index is 920. The van der Waals surface area contributed by atoms with Crippen molar-refractivity contribution in [3.63, 3.8) is 0 Å². The van der Waals surface area contributed by atoms with Gasteiger partial charge in [-0.05, 0) is 146 Å². The first kappa shape index (κ1) is 121. The standard InChI is InChI=1S/8C10H20.8CH3.4Ru.4H/c8*1-9-6-4-3-5-7-10(2)8-9;;;;;;;;;;;;;;;;/h8*9-10H,3-8H2,1-2H3;8*1H3;;;;;;;;/q;;;;;;;;8*-1;4*+2;;;;. The quantitative estimate of drug-likeness (QED) is 0.168. The molecule has 8 fully saturated rings. The maximum absolute atomic E-state index is 2.40. The van der Waals surface area contributed by atoms with Gasteiger partial charge in [-0.25, -0.2) is 0 Å². The van der Waals surface area contributed by atoms with Crippen LogP contribution in [-0.4, -0.2) is 0 Å². The fourth-order valence-corrected chi connectivity index (χ4v) is 16.7. The van der Waals surface area contributed by atoms with Gasteiger partial charge in [-0.3, -0.25) is 0 Å². The van der Waals surface area contributed by atoms with E-state index in [1.165, 1.54) is 308 Å². The molecule has 0 heterocycles. The molecular formula is C88H188Ru4. The summed E-state index contributed by atoms with van der Waals surface area (Å²) < 4.78 is 0. The fraction of sp³-hybridized carbons (Fsp3) is 0.909. The van der Waals surface area contributed by atoms with Crippen molar-refractivity contribution in [2.24, 2.45) is 94.7 Å². The van der Waals surface area contributed by atoms with Gasteiger partial charge in [0.25, 0.3) is 0 Å². The molecular weight excluding hydrogens is 1460 g/mol. The summed E-state index contributed by atoms with van der Waals surface area (Å²) >= 11 is 0. The molecule has 16 unspecified atom stereocenters. The van der Waals surface area contributed by atoms with Gasteiger partial charge in [-0.15, -0.1) is 0 Å². The van der Waals surface area contributed by atoms with Crippen molar-refractivity contribution in [3.05, 3.63) is 59.4 Å². The molecule has 0 aromatic rings. The number of hydrogen-bond donors (Lipinski definition) is 0.